The zero-order valence-corrected chi connectivity index (χ0v) is 23.3. The highest BCUT2D eigenvalue weighted by molar-refractivity contribution is 7.98. The molecule has 4 aromatic rings. The van der Waals surface area contributed by atoms with Crippen LogP contribution in [0, 0.1) is 0 Å². The molecule has 1 aliphatic rings. The molecule has 1 unspecified atom stereocenters. The van der Waals surface area contributed by atoms with E-state index in [9.17, 15) is 0 Å². The van der Waals surface area contributed by atoms with Crippen molar-refractivity contribution in [3.8, 4) is 0 Å². The Balaban J connectivity index is 0.00000144. The number of aromatic nitrogens is 3. The number of imidazole rings is 1. The second-order valence-corrected chi connectivity index (χ2v) is 9.62. The van der Waals surface area contributed by atoms with Crippen LogP contribution in [0.25, 0.3) is 11.0 Å². The van der Waals surface area contributed by atoms with Gasteiger partial charge in [-0.15, -0.1) is 37.2 Å². The minimum absolute atomic E-state index is 0. The highest BCUT2D eigenvalue weighted by atomic mass is 35.5. The van der Waals surface area contributed by atoms with E-state index < -0.39 is 0 Å². The summed E-state index contributed by atoms with van der Waals surface area (Å²) < 4.78 is 0. The zero-order valence-electron chi connectivity index (χ0n) is 19.3. The van der Waals surface area contributed by atoms with Crippen LogP contribution in [0.1, 0.15) is 16.8 Å². The van der Waals surface area contributed by atoms with Gasteiger partial charge in [-0.05, 0) is 41.8 Å². The van der Waals surface area contributed by atoms with Gasteiger partial charge in [0.05, 0.1) is 16.7 Å². The van der Waals surface area contributed by atoms with Crippen LogP contribution in [0.3, 0.4) is 0 Å². The average molecular weight is 573 g/mol. The highest BCUT2D eigenvalue weighted by Gasteiger charge is 2.21. The number of likely N-dealkylation sites (N-methyl/N-ethyl adjacent to an activating group) is 1. The first-order valence-corrected chi connectivity index (χ1v) is 12.3. The number of nitrogens with one attached hydrogen (secondary N) is 1. The Labute approximate surface area is 234 Å². The van der Waals surface area contributed by atoms with Crippen molar-refractivity contribution >= 4 is 77.3 Å². The Morgan fingerprint density at radius 3 is 2.60 bits per heavy atom. The van der Waals surface area contributed by atoms with E-state index >= 15 is 0 Å². The summed E-state index contributed by atoms with van der Waals surface area (Å²) in [5.41, 5.74) is 6.90. The molecular weight excluding hydrogens is 544 g/mol. The Bertz CT molecular complexity index is 1190. The molecule has 1 aliphatic heterocycles. The van der Waals surface area contributed by atoms with Crippen LogP contribution in [0.2, 0.25) is 0 Å². The van der Waals surface area contributed by atoms with Gasteiger partial charge in [-0.25, -0.2) is 4.98 Å². The summed E-state index contributed by atoms with van der Waals surface area (Å²) in [5, 5.41) is 0.910. The molecule has 188 valence electrons. The first-order chi connectivity index (χ1) is 15.7. The van der Waals surface area contributed by atoms with Crippen molar-refractivity contribution in [1.29, 1.82) is 0 Å². The monoisotopic (exact) mass is 571 g/mol. The number of thioether (sulfide) groups is 1. The van der Waals surface area contributed by atoms with Crippen molar-refractivity contribution in [3.05, 3.63) is 83.7 Å². The van der Waals surface area contributed by atoms with Crippen molar-refractivity contribution in [2.45, 2.75) is 29.4 Å². The second-order valence-electron chi connectivity index (χ2n) is 8.15. The van der Waals surface area contributed by atoms with E-state index in [1.54, 1.807) is 11.8 Å². The van der Waals surface area contributed by atoms with Gasteiger partial charge in [-0.2, -0.15) is 0 Å². The van der Waals surface area contributed by atoms with Crippen LogP contribution in [0.15, 0.2) is 72.0 Å². The Morgan fingerprint density at radius 2 is 1.80 bits per heavy atom. The normalized spacial score (nSPS) is 13.7. The standard InChI is InChI=1S/C25H26ClN5S.3ClH/c1-30(24(26)16-31-13-11-18-6-2-3-7-19(18)15-31)21-10-12-27-20(14-21)17-32-25-28-22-8-4-5-9-23(22)29-25;;;/h2-10,12,14,24H,11,13,15-17H2,1H3,(H,28,29);3*1H. The number of hydrogen-bond donors (Lipinski definition) is 1. The third-order valence-corrected chi connectivity index (χ3v) is 7.31. The molecule has 1 atom stereocenters. The molecule has 10 heteroatoms. The quantitative estimate of drug-likeness (QED) is 0.154. The van der Waals surface area contributed by atoms with Gasteiger partial charge in [0.2, 0.25) is 0 Å². The van der Waals surface area contributed by atoms with E-state index in [4.69, 9.17) is 11.6 Å². The molecule has 3 heterocycles. The van der Waals surface area contributed by atoms with Crippen molar-refractivity contribution in [3.63, 3.8) is 0 Å². The SMILES string of the molecule is CN(c1ccnc(CSc2nc3ccccc3[nH]2)c1)C(Cl)CN1CCc2ccccc2C1.Cl.Cl.Cl. The van der Waals surface area contributed by atoms with Crippen LogP contribution < -0.4 is 4.90 Å². The fraction of sp³-hybridized carbons (Fsp3) is 0.280. The number of halogens is 4. The Morgan fingerprint density at radius 1 is 1.06 bits per heavy atom. The maximum Gasteiger partial charge on any atom is 0.166 e. The van der Waals surface area contributed by atoms with Gasteiger partial charge in [0.1, 0.15) is 5.50 Å². The van der Waals surface area contributed by atoms with Crippen LogP contribution in [0.4, 0.5) is 5.69 Å². The number of pyridine rings is 1. The summed E-state index contributed by atoms with van der Waals surface area (Å²) in [6.07, 6.45) is 2.95. The maximum atomic E-state index is 6.84. The third-order valence-electron chi connectivity index (χ3n) is 5.97. The van der Waals surface area contributed by atoms with Crippen molar-refractivity contribution in [2.24, 2.45) is 0 Å². The van der Waals surface area contributed by atoms with Crippen LogP contribution in [0.5, 0.6) is 0 Å². The molecule has 2 aromatic carbocycles. The summed E-state index contributed by atoms with van der Waals surface area (Å²) >= 11 is 8.50. The lowest BCUT2D eigenvalue weighted by atomic mass is 10.00. The van der Waals surface area contributed by atoms with Gasteiger partial charge in [-0.1, -0.05) is 59.8 Å². The number of rotatable bonds is 7. The summed E-state index contributed by atoms with van der Waals surface area (Å²) in [6.45, 7) is 2.82. The lowest BCUT2D eigenvalue weighted by Crippen LogP contribution is -2.41. The fourth-order valence-electron chi connectivity index (χ4n) is 4.11. The van der Waals surface area contributed by atoms with E-state index in [1.807, 2.05) is 36.5 Å². The molecule has 0 amide bonds. The number of anilines is 1. The molecule has 1 N–H and O–H groups in total. The molecule has 0 saturated heterocycles. The van der Waals surface area contributed by atoms with E-state index in [2.05, 4.69) is 62.1 Å². The Kier molecular flexibility index (Phi) is 11.5. The predicted octanol–water partition coefficient (Wildman–Crippen LogP) is 6.58. The van der Waals surface area contributed by atoms with Gasteiger partial charge in [0.25, 0.3) is 0 Å². The maximum absolute atomic E-state index is 6.84. The van der Waals surface area contributed by atoms with E-state index in [0.29, 0.717) is 0 Å². The van der Waals surface area contributed by atoms with Gasteiger partial charge < -0.3 is 9.88 Å². The van der Waals surface area contributed by atoms with Gasteiger partial charge in [-0.3, -0.25) is 9.88 Å². The number of alkyl halides is 1. The van der Waals surface area contributed by atoms with Crippen LogP contribution in [-0.4, -0.2) is 45.5 Å². The smallest absolute Gasteiger partial charge is 0.166 e. The van der Waals surface area contributed by atoms with Crippen molar-refractivity contribution in [1.82, 2.24) is 19.9 Å². The fourth-order valence-corrected chi connectivity index (χ4v) is 5.21. The molecule has 5 rings (SSSR count). The number of fused-ring (bicyclic) bond motifs is 2. The lowest BCUT2D eigenvalue weighted by molar-refractivity contribution is 0.253. The molecule has 5 nitrogen and oxygen atoms in total. The number of aromatic amines is 1. The average Bonchev–Trinajstić information content (AvgIpc) is 3.25. The molecule has 35 heavy (non-hydrogen) atoms. The van der Waals surface area contributed by atoms with Crippen LogP contribution in [-0.2, 0) is 18.7 Å². The number of nitrogens with zero attached hydrogens (tertiary/aromatic N) is 4. The molecule has 0 spiro atoms. The molecular formula is C25H29Cl4N5S. The minimum Gasteiger partial charge on any atom is -0.357 e. The predicted molar refractivity (Wildman–Crippen MR) is 155 cm³/mol. The molecule has 0 aliphatic carbocycles. The van der Waals surface area contributed by atoms with Gasteiger partial charge >= 0.3 is 0 Å². The Hall–Kier alpha value is -1.67. The first kappa shape index (κ1) is 29.6. The summed E-state index contributed by atoms with van der Waals surface area (Å²) in [7, 11) is 2.06. The summed E-state index contributed by atoms with van der Waals surface area (Å²) in [6, 6.07) is 20.9. The topological polar surface area (TPSA) is 48.1 Å². The van der Waals surface area contributed by atoms with Crippen LogP contribution >= 0.6 is 60.6 Å². The van der Waals surface area contributed by atoms with Gasteiger partial charge in [0, 0.05) is 44.3 Å². The largest absolute Gasteiger partial charge is 0.357 e. The summed E-state index contributed by atoms with van der Waals surface area (Å²) in [4.78, 5) is 17.1. The van der Waals surface area contributed by atoms with E-state index in [-0.39, 0.29) is 42.7 Å². The molecule has 0 bridgehead atoms. The zero-order chi connectivity index (χ0) is 21.9. The highest BCUT2D eigenvalue weighted by Crippen LogP contribution is 2.26. The molecule has 2 aromatic heterocycles. The van der Waals surface area contributed by atoms with Crippen molar-refractivity contribution in [2.75, 3.05) is 25.0 Å². The molecule has 0 saturated carbocycles. The number of para-hydroxylation sites is 2. The molecule has 0 fully saturated rings. The summed E-state index contributed by atoms with van der Waals surface area (Å²) in [5.74, 6) is 0.747. The molecule has 0 radical (unpaired) electrons. The van der Waals surface area contributed by atoms with E-state index in [1.165, 1.54) is 11.1 Å². The number of benzene rings is 2. The van der Waals surface area contributed by atoms with Gasteiger partial charge in [0.15, 0.2) is 5.16 Å². The number of hydrogen-bond acceptors (Lipinski definition) is 5. The first-order valence-electron chi connectivity index (χ1n) is 10.8. The van der Waals surface area contributed by atoms with Crippen molar-refractivity contribution < 1.29 is 0 Å². The minimum atomic E-state index is -0.112. The number of H-pyrrole nitrogens is 1. The lowest BCUT2D eigenvalue weighted by Gasteiger charge is -2.33. The third kappa shape index (κ3) is 7.19. The van der Waals surface area contributed by atoms with E-state index in [0.717, 1.165) is 59.4 Å². The second kappa shape index (κ2) is 13.6.